The number of nitrogens with zero attached hydrogens (tertiary/aromatic N) is 2. The Hall–Kier alpha value is -0.870. The van der Waals surface area contributed by atoms with Crippen LogP contribution in [0.5, 0.6) is 0 Å². The van der Waals surface area contributed by atoms with E-state index in [1.807, 2.05) is 17.9 Å². The fraction of sp³-hybridized carbons (Fsp3) is 0.800. The van der Waals surface area contributed by atoms with Gasteiger partial charge in [-0.3, -0.25) is 4.68 Å². The molecule has 0 radical (unpaired) electrons. The first-order valence-corrected chi connectivity index (χ1v) is 7.69. The maximum Gasteiger partial charge on any atom is 0.0492 e. The Labute approximate surface area is 117 Å². The topological polar surface area (TPSA) is 41.9 Å². The number of aryl methyl sites for hydroxylation is 1. The summed E-state index contributed by atoms with van der Waals surface area (Å²) in [6.45, 7) is 4.54. The molecule has 4 heteroatoms. The third-order valence-corrected chi connectivity index (χ3v) is 4.10. The second kappa shape index (κ2) is 7.65. The molecule has 1 aliphatic heterocycles. The molecule has 19 heavy (non-hydrogen) atoms. The molecule has 2 unspecified atom stereocenters. The Morgan fingerprint density at radius 2 is 2.37 bits per heavy atom. The molecule has 0 saturated carbocycles. The summed E-state index contributed by atoms with van der Waals surface area (Å²) in [6, 6.07) is 3.39. The van der Waals surface area contributed by atoms with Crippen LogP contribution in [-0.2, 0) is 13.5 Å². The summed E-state index contributed by atoms with van der Waals surface area (Å²) in [5.41, 5.74) is 1.30. The first-order chi connectivity index (χ1) is 9.25. The van der Waals surface area contributed by atoms with Crippen molar-refractivity contribution in [3.63, 3.8) is 0 Å². The Bertz CT molecular complexity index is 353. The molecule has 2 N–H and O–H groups in total. The zero-order valence-electron chi connectivity index (χ0n) is 12.4. The van der Waals surface area contributed by atoms with Crippen LogP contribution in [0.1, 0.15) is 44.7 Å². The lowest BCUT2D eigenvalue weighted by Crippen LogP contribution is -2.37. The zero-order valence-corrected chi connectivity index (χ0v) is 12.4. The van der Waals surface area contributed by atoms with E-state index in [1.165, 1.54) is 44.3 Å². The molecule has 1 aliphatic rings. The van der Waals surface area contributed by atoms with Crippen molar-refractivity contribution in [3.05, 3.63) is 18.0 Å². The standard InChI is InChI=1S/C15H28N4/c1-13(12-14-6-4-3-5-9-17-14)16-10-7-15-8-11-18-19(15)2/h8,11,13-14,16-17H,3-7,9-10,12H2,1-2H3. The van der Waals surface area contributed by atoms with E-state index in [-0.39, 0.29) is 0 Å². The molecule has 0 aliphatic carbocycles. The minimum Gasteiger partial charge on any atom is -0.314 e. The van der Waals surface area contributed by atoms with Gasteiger partial charge in [-0.2, -0.15) is 5.10 Å². The molecule has 0 aromatic carbocycles. The maximum absolute atomic E-state index is 4.20. The van der Waals surface area contributed by atoms with E-state index in [9.17, 15) is 0 Å². The number of hydrogen-bond acceptors (Lipinski definition) is 3. The van der Waals surface area contributed by atoms with Gasteiger partial charge in [-0.05, 0) is 38.8 Å². The Morgan fingerprint density at radius 1 is 1.47 bits per heavy atom. The van der Waals surface area contributed by atoms with Crippen LogP contribution in [0.4, 0.5) is 0 Å². The van der Waals surface area contributed by atoms with Gasteiger partial charge in [0, 0.05) is 44.0 Å². The molecule has 0 spiro atoms. The van der Waals surface area contributed by atoms with E-state index in [0.29, 0.717) is 12.1 Å². The Kier molecular flexibility index (Phi) is 5.86. The molecule has 2 heterocycles. The first-order valence-electron chi connectivity index (χ1n) is 7.69. The van der Waals surface area contributed by atoms with Gasteiger partial charge in [-0.1, -0.05) is 12.8 Å². The largest absolute Gasteiger partial charge is 0.314 e. The van der Waals surface area contributed by atoms with E-state index in [1.54, 1.807) is 0 Å². The highest BCUT2D eigenvalue weighted by molar-refractivity contribution is 5.00. The third kappa shape index (κ3) is 4.96. The Balaban J connectivity index is 1.63. The summed E-state index contributed by atoms with van der Waals surface area (Å²) in [7, 11) is 2.01. The summed E-state index contributed by atoms with van der Waals surface area (Å²) in [5.74, 6) is 0. The van der Waals surface area contributed by atoms with Gasteiger partial charge in [-0.25, -0.2) is 0 Å². The van der Waals surface area contributed by atoms with Crippen LogP contribution in [0.3, 0.4) is 0 Å². The predicted molar refractivity (Wildman–Crippen MR) is 79.3 cm³/mol. The number of nitrogens with one attached hydrogen (secondary N) is 2. The molecule has 1 fully saturated rings. The molecular weight excluding hydrogens is 236 g/mol. The highest BCUT2D eigenvalue weighted by atomic mass is 15.3. The van der Waals surface area contributed by atoms with Gasteiger partial charge in [0.15, 0.2) is 0 Å². The van der Waals surface area contributed by atoms with Gasteiger partial charge in [0.05, 0.1) is 0 Å². The molecule has 108 valence electrons. The minimum absolute atomic E-state index is 0.587. The fourth-order valence-electron chi connectivity index (χ4n) is 2.91. The van der Waals surface area contributed by atoms with Crippen LogP contribution in [0.15, 0.2) is 12.3 Å². The van der Waals surface area contributed by atoms with Crippen LogP contribution in [0, 0.1) is 0 Å². The number of aromatic nitrogens is 2. The highest BCUT2D eigenvalue weighted by Gasteiger charge is 2.14. The average Bonchev–Trinajstić information content (AvgIpc) is 2.65. The zero-order chi connectivity index (χ0) is 13.5. The van der Waals surface area contributed by atoms with Crippen LogP contribution in [-0.4, -0.2) is 35.0 Å². The molecule has 0 bridgehead atoms. The van der Waals surface area contributed by atoms with Gasteiger partial charge >= 0.3 is 0 Å². The average molecular weight is 264 g/mol. The van der Waals surface area contributed by atoms with Gasteiger partial charge in [0.25, 0.3) is 0 Å². The smallest absolute Gasteiger partial charge is 0.0492 e. The SMILES string of the molecule is CC(CC1CCCCCN1)NCCc1ccnn1C. The normalized spacial score (nSPS) is 22.1. The summed E-state index contributed by atoms with van der Waals surface area (Å²) in [4.78, 5) is 0. The highest BCUT2D eigenvalue weighted by Crippen LogP contribution is 2.12. The van der Waals surface area contributed by atoms with E-state index < -0.39 is 0 Å². The molecule has 1 saturated heterocycles. The van der Waals surface area contributed by atoms with Gasteiger partial charge in [0.1, 0.15) is 0 Å². The molecule has 0 amide bonds. The van der Waals surface area contributed by atoms with E-state index in [0.717, 1.165) is 13.0 Å². The van der Waals surface area contributed by atoms with Crippen molar-refractivity contribution in [1.29, 1.82) is 0 Å². The van der Waals surface area contributed by atoms with Crippen molar-refractivity contribution in [1.82, 2.24) is 20.4 Å². The quantitative estimate of drug-likeness (QED) is 0.824. The van der Waals surface area contributed by atoms with E-state index in [4.69, 9.17) is 0 Å². The lowest BCUT2D eigenvalue weighted by atomic mass is 10.0. The second-order valence-electron chi connectivity index (χ2n) is 5.79. The summed E-state index contributed by atoms with van der Waals surface area (Å²) in [5, 5.41) is 11.5. The van der Waals surface area contributed by atoms with Crippen molar-refractivity contribution >= 4 is 0 Å². The van der Waals surface area contributed by atoms with Gasteiger partial charge in [-0.15, -0.1) is 0 Å². The van der Waals surface area contributed by atoms with Crippen LogP contribution >= 0.6 is 0 Å². The molecule has 2 atom stereocenters. The predicted octanol–water partition coefficient (Wildman–Crippen LogP) is 1.86. The minimum atomic E-state index is 0.587. The lowest BCUT2D eigenvalue weighted by molar-refractivity contribution is 0.403. The van der Waals surface area contributed by atoms with Crippen molar-refractivity contribution in [2.75, 3.05) is 13.1 Å². The molecular formula is C15H28N4. The lowest BCUT2D eigenvalue weighted by Gasteiger charge is -2.21. The first kappa shape index (κ1) is 14.5. The molecule has 1 aromatic rings. The van der Waals surface area contributed by atoms with Crippen molar-refractivity contribution in [2.24, 2.45) is 7.05 Å². The van der Waals surface area contributed by atoms with Gasteiger partial charge < -0.3 is 10.6 Å². The monoisotopic (exact) mass is 264 g/mol. The van der Waals surface area contributed by atoms with Crippen molar-refractivity contribution in [2.45, 2.75) is 57.5 Å². The maximum atomic E-state index is 4.20. The van der Waals surface area contributed by atoms with Crippen molar-refractivity contribution in [3.8, 4) is 0 Å². The van der Waals surface area contributed by atoms with E-state index in [2.05, 4.69) is 28.7 Å². The molecule has 2 rings (SSSR count). The Morgan fingerprint density at radius 3 is 3.16 bits per heavy atom. The van der Waals surface area contributed by atoms with Gasteiger partial charge in [0.2, 0.25) is 0 Å². The fourth-order valence-corrected chi connectivity index (χ4v) is 2.91. The van der Waals surface area contributed by atoms with E-state index >= 15 is 0 Å². The molecule has 1 aromatic heterocycles. The number of rotatable bonds is 6. The third-order valence-electron chi connectivity index (χ3n) is 4.10. The number of hydrogen-bond donors (Lipinski definition) is 2. The van der Waals surface area contributed by atoms with Crippen LogP contribution < -0.4 is 10.6 Å². The van der Waals surface area contributed by atoms with Crippen LogP contribution in [0.25, 0.3) is 0 Å². The second-order valence-corrected chi connectivity index (χ2v) is 5.79. The van der Waals surface area contributed by atoms with Crippen LogP contribution in [0.2, 0.25) is 0 Å². The summed E-state index contributed by atoms with van der Waals surface area (Å²) >= 11 is 0. The molecule has 4 nitrogen and oxygen atoms in total. The summed E-state index contributed by atoms with van der Waals surface area (Å²) in [6.07, 6.45) is 9.64. The summed E-state index contributed by atoms with van der Waals surface area (Å²) < 4.78 is 1.96. The van der Waals surface area contributed by atoms with Crippen molar-refractivity contribution < 1.29 is 0 Å².